The summed E-state index contributed by atoms with van der Waals surface area (Å²) < 4.78 is 27.2. The largest absolute Gasteiger partial charge is 0.310 e. The van der Waals surface area contributed by atoms with Gasteiger partial charge in [-0.15, -0.1) is 0 Å². The molecule has 16 heavy (non-hydrogen) atoms. The normalized spacial score (nSPS) is 11.7. The third kappa shape index (κ3) is 3.27. The second-order valence-electron chi connectivity index (χ2n) is 4.11. The van der Waals surface area contributed by atoms with Crippen LogP contribution in [0.3, 0.4) is 0 Å². The monoisotopic (exact) mass is 231 g/mol. The molecule has 0 unspecified atom stereocenters. The Labute approximate surface area is 94.8 Å². The van der Waals surface area contributed by atoms with Crippen LogP contribution in [-0.4, -0.2) is 15.8 Å². The van der Waals surface area contributed by atoms with Crippen LogP contribution in [0.5, 0.6) is 0 Å². The molecule has 92 valence electrons. The van der Waals surface area contributed by atoms with Crippen LogP contribution in [0.4, 0.5) is 8.78 Å². The summed E-state index contributed by atoms with van der Waals surface area (Å²) in [4.78, 5) is 0. The fourth-order valence-electron chi connectivity index (χ4n) is 1.53. The van der Waals surface area contributed by atoms with Crippen molar-refractivity contribution in [3.05, 3.63) is 17.5 Å². The van der Waals surface area contributed by atoms with Crippen molar-refractivity contribution in [2.75, 3.05) is 0 Å². The number of aryl methyl sites for hydroxylation is 1. The molecule has 1 aromatic heterocycles. The molecule has 0 atom stereocenters. The van der Waals surface area contributed by atoms with E-state index >= 15 is 0 Å². The van der Waals surface area contributed by atoms with E-state index in [1.54, 1.807) is 0 Å². The Morgan fingerprint density at radius 3 is 2.62 bits per heavy atom. The molecule has 0 aromatic carbocycles. The predicted octanol–water partition coefficient (Wildman–Crippen LogP) is 2.73. The molecule has 1 N–H and O–H groups in total. The zero-order chi connectivity index (χ0) is 12.1. The van der Waals surface area contributed by atoms with Gasteiger partial charge in [-0.1, -0.05) is 20.8 Å². The van der Waals surface area contributed by atoms with Gasteiger partial charge in [-0.05, 0) is 6.42 Å². The lowest BCUT2D eigenvalue weighted by atomic mass is 10.2. The number of hydrogen-bond donors (Lipinski definition) is 1. The molecule has 1 heterocycles. The average Bonchev–Trinajstić information content (AvgIpc) is 2.58. The predicted molar refractivity (Wildman–Crippen MR) is 59.5 cm³/mol. The maximum absolute atomic E-state index is 12.9. The van der Waals surface area contributed by atoms with E-state index in [4.69, 9.17) is 0 Å². The van der Waals surface area contributed by atoms with Gasteiger partial charge in [-0.3, -0.25) is 4.68 Å². The highest BCUT2D eigenvalue weighted by Crippen LogP contribution is 2.23. The smallest absolute Gasteiger partial charge is 0.280 e. The summed E-state index contributed by atoms with van der Waals surface area (Å²) in [6.45, 7) is 6.91. The van der Waals surface area contributed by atoms with Crippen molar-refractivity contribution in [1.29, 1.82) is 0 Å². The van der Waals surface area contributed by atoms with Crippen molar-refractivity contribution in [3.8, 4) is 0 Å². The number of hydrogen-bond acceptors (Lipinski definition) is 2. The van der Waals surface area contributed by atoms with E-state index in [1.807, 2.05) is 20.8 Å². The van der Waals surface area contributed by atoms with Crippen LogP contribution < -0.4 is 5.32 Å². The summed E-state index contributed by atoms with van der Waals surface area (Å²) in [5.41, 5.74) is 0.646. The molecule has 1 rings (SSSR count). The lowest BCUT2D eigenvalue weighted by Crippen LogP contribution is -2.22. The molecule has 0 spiro atoms. The molecule has 0 fully saturated rings. The quantitative estimate of drug-likeness (QED) is 0.815. The second-order valence-corrected chi connectivity index (χ2v) is 4.11. The van der Waals surface area contributed by atoms with Crippen molar-refractivity contribution in [3.63, 3.8) is 0 Å². The highest BCUT2D eigenvalue weighted by atomic mass is 19.3. The number of rotatable bonds is 6. The van der Waals surface area contributed by atoms with E-state index < -0.39 is 6.43 Å². The topological polar surface area (TPSA) is 29.9 Å². The molecule has 0 aliphatic rings. The van der Waals surface area contributed by atoms with Gasteiger partial charge in [0.1, 0.15) is 5.69 Å². The molecule has 0 aliphatic carbocycles. The first-order valence-electron chi connectivity index (χ1n) is 5.62. The summed E-state index contributed by atoms with van der Waals surface area (Å²) in [7, 11) is 0. The molecule has 5 heteroatoms. The highest BCUT2D eigenvalue weighted by molar-refractivity contribution is 5.19. The first kappa shape index (κ1) is 13.1. The Morgan fingerprint density at radius 2 is 2.12 bits per heavy atom. The molecule has 0 radical (unpaired) electrons. The van der Waals surface area contributed by atoms with Gasteiger partial charge in [0.15, 0.2) is 0 Å². The van der Waals surface area contributed by atoms with Crippen LogP contribution in [0.2, 0.25) is 0 Å². The Balaban J connectivity index is 2.82. The van der Waals surface area contributed by atoms with Gasteiger partial charge in [0.2, 0.25) is 0 Å². The Morgan fingerprint density at radius 1 is 1.44 bits per heavy atom. The lowest BCUT2D eigenvalue weighted by molar-refractivity contribution is 0.137. The second kappa shape index (κ2) is 5.94. The summed E-state index contributed by atoms with van der Waals surface area (Å²) in [6, 6.07) is 0.278. The Hall–Kier alpha value is -0.970. The summed E-state index contributed by atoms with van der Waals surface area (Å²) in [5, 5.41) is 7.13. The maximum atomic E-state index is 12.9. The summed E-state index contributed by atoms with van der Waals surface area (Å²) >= 11 is 0. The third-order valence-corrected chi connectivity index (χ3v) is 2.30. The first-order chi connectivity index (χ1) is 7.56. The van der Waals surface area contributed by atoms with Crippen molar-refractivity contribution in [2.45, 2.75) is 52.7 Å². The minimum atomic E-state index is -2.46. The zero-order valence-electron chi connectivity index (χ0n) is 10.0. The van der Waals surface area contributed by atoms with Gasteiger partial charge in [0, 0.05) is 24.7 Å². The molecule has 3 nitrogen and oxygen atoms in total. The molecule has 0 saturated carbocycles. The van der Waals surface area contributed by atoms with Gasteiger partial charge in [0.25, 0.3) is 6.43 Å². The molecular weight excluding hydrogens is 212 g/mol. The average molecular weight is 231 g/mol. The third-order valence-electron chi connectivity index (χ3n) is 2.30. The van der Waals surface area contributed by atoms with Crippen LogP contribution in [0.1, 0.15) is 44.9 Å². The van der Waals surface area contributed by atoms with Gasteiger partial charge in [-0.25, -0.2) is 8.78 Å². The Kier molecular flexibility index (Phi) is 4.86. The fraction of sp³-hybridized carbons (Fsp3) is 0.727. The number of alkyl halides is 2. The van der Waals surface area contributed by atoms with Crippen LogP contribution in [0.25, 0.3) is 0 Å². The van der Waals surface area contributed by atoms with E-state index in [-0.39, 0.29) is 11.7 Å². The molecule has 0 saturated heterocycles. The van der Waals surface area contributed by atoms with Crippen LogP contribution in [0, 0.1) is 0 Å². The van der Waals surface area contributed by atoms with Gasteiger partial charge in [0.05, 0.1) is 6.20 Å². The van der Waals surface area contributed by atoms with Crippen LogP contribution in [-0.2, 0) is 13.1 Å². The zero-order valence-corrected chi connectivity index (χ0v) is 10.0. The standard InChI is InChI=1S/C11H19F2N3/c1-4-5-16-10(11(12)13)9(7-15-16)6-14-8(2)3/h7-8,11,14H,4-6H2,1-3H3. The van der Waals surface area contributed by atoms with E-state index in [0.717, 1.165) is 6.42 Å². The van der Waals surface area contributed by atoms with Crippen molar-refractivity contribution >= 4 is 0 Å². The minimum absolute atomic E-state index is 0.0509. The molecule has 1 aromatic rings. The van der Waals surface area contributed by atoms with Crippen molar-refractivity contribution in [1.82, 2.24) is 15.1 Å². The molecular formula is C11H19F2N3. The van der Waals surface area contributed by atoms with E-state index in [9.17, 15) is 8.78 Å². The Bertz CT molecular complexity index is 321. The van der Waals surface area contributed by atoms with Crippen LogP contribution >= 0.6 is 0 Å². The molecule has 0 amide bonds. The maximum Gasteiger partial charge on any atom is 0.280 e. The van der Waals surface area contributed by atoms with Gasteiger partial charge < -0.3 is 5.32 Å². The first-order valence-corrected chi connectivity index (χ1v) is 5.62. The van der Waals surface area contributed by atoms with Crippen LogP contribution in [0.15, 0.2) is 6.20 Å². The lowest BCUT2D eigenvalue weighted by Gasteiger charge is -2.10. The highest BCUT2D eigenvalue weighted by Gasteiger charge is 2.19. The molecule has 0 bridgehead atoms. The summed E-state index contributed by atoms with van der Waals surface area (Å²) in [6.07, 6.45) is -0.122. The number of nitrogens with zero attached hydrogens (tertiary/aromatic N) is 2. The number of nitrogens with one attached hydrogen (secondary N) is 1. The SMILES string of the molecule is CCCn1ncc(CNC(C)C)c1C(F)F. The van der Waals surface area contributed by atoms with Gasteiger partial charge in [-0.2, -0.15) is 5.10 Å². The minimum Gasteiger partial charge on any atom is -0.310 e. The van der Waals surface area contributed by atoms with Gasteiger partial charge >= 0.3 is 0 Å². The van der Waals surface area contributed by atoms with Crippen molar-refractivity contribution < 1.29 is 8.78 Å². The number of halogens is 2. The fourth-order valence-corrected chi connectivity index (χ4v) is 1.53. The van der Waals surface area contributed by atoms with E-state index in [2.05, 4.69) is 10.4 Å². The number of aromatic nitrogens is 2. The van der Waals surface area contributed by atoms with Crippen molar-refractivity contribution in [2.24, 2.45) is 0 Å². The van der Waals surface area contributed by atoms with E-state index in [1.165, 1.54) is 10.9 Å². The molecule has 0 aliphatic heterocycles. The summed E-state index contributed by atoms with van der Waals surface area (Å²) in [5.74, 6) is 0. The van der Waals surface area contributed by atoms with E-state index in [0.29, 0.717) is 18.7 Å².